The molecule has 1 fully saturated rings. The highest BCUT2D eigenvalue weighted by Crippen LogP contribution is 2.26. The number of esters is 1. The van der Waals surface area contributed by atoms with Gasteiger partial charge in [-0.2, -0.15) is 5.10 Å². The van der Waals surface area contributed by atoms with Crippen molar-refractivity contribution in [2.75, 3.05) is 6.61 Å². The number of aliphatic hydroxyl groups excluding tert-OH is 1. The van der Waals surface area contributed by atoms with E-state index in [1.165, 1.54) is 6.20 Å². The summed E-state index contributed by atoms with van der Waals surface area (Å²) in [6.45, 7) is 2.79. The largest absolute Gasteiger partial charge is 0.462 e. The van der Waals surface area contributed by atoms with Gasteiger partial charge in [0, 0.05) is 18.8 Å². The average molecular weight is 253 g/mol. The molecule has 1 aromatic rings. The summed E-state index contributed by atoms with van der Waals surface area (Å²) in [5.74, 6) is -0.0446. The Morgan fingerprint density at radius 1 is 1.67 bits per heavy atom. The minimum Gasteiger partial charge on any atom is -0.462 e. The molecular weight excluding hydrogens is 234 g/mol. The van der Waals surface area contributed by atoms with Crippen molar-refractivity contribution < 1.29 is 14.6 Å². The van der Waals surface area contributed by atoms with Crippen molar-refractivity contribution in [2.45, 2.75) is 38.5 Å². The first-order chi connectivity index (χ1) is 8.60. The van der Waals surface area contributed by atoms with Crippen LogP contribution in [0.3, 0.4) is 0 Å². The van der Waals surface area contributed by atoms with Gasteiger partial charge in [-0.25, -0.2) is 4.79 Å². The van der Waals surface area contributed by atoms with Crippen LogP contribution in [0, 0.1) is 5.92 Å². The van der Waals surface area contributed by atoms with Crippen molar-refractivity contribution >= 4 is 5.97 Å². The quantitative estimate of drug-likeness (QED) is 0.746. The topological polar surface area (TPSA) is 90.4 Å². The standard InChI is InChI=1S/C12H19N3O3/c1-2-18-12(17)9-5-14-15(7-9)6-8-3-10(13)11(16)4-8/h5,7-8,10-11,16H,2-4,6,13H2,1H3/t8?,10-,11-/m1/s1. The summed E-state index contributed by atoms with van der Waals surface area (Å²) in [7, 11) is 0. The molecule has 2 rings (SSSR count). The van der Waals surface area contributed by atoms with E-state index in [-0.39, 0.29) is 12.0 Å². The second kappa shape index (κ2) is 5.49. The van der Waals surface area contributed by atoms with Crippen LogP contribution in [0.15, 0.2) is 12.4 Å². The number of nitrogens with zero attached hydrogens (tertiary/aromatic N) is 2. The molecule has 1 saturated carbocycles. The van der Waals surface area contributed by atoms with Gasteiger partial charge in [-0.15, -0.1) is 0 Å². The molecule has 0 saturated heterocycles. The van der Waals surface area contributed by atoms with Crippen molar-refractivity contribution in [3.8, 4) is 0 Å². The highest BCUT2D eigenvalue weighted by Gasteiger charge is 2.30. The fourth-order valence-electron chi connectivity index (χ4n) is 2.35. The third-order valence-corrected chi connectivity index (χ3v) is 3.26. The Labute approximate surface area is 106 Å². The van der Waals surface area contributed by atoms with Crippen LogP contribution < -0.4 is 5.73 Å². The minimum atomic E-state index is -0.421. The Hall–Kier alpha value is -1.40. The zero-order valence-electron chi connectivity index (χ0n) is 10.5. The van der Waals surface area contributed by atoms with Crippen LogP contribution in [-0.2, 0) is 11.3 Å². The van der Waals surface area contributed by atoms with E-state index in [1.807, 2.05) is 0 Å². The maximum atomic E-state index is 11.5. The first kappa shape index (κ1) is 13.0. The maximum Gasteiger partial charge on any atom is 0.341 e. The second-order valence-electron chi connectivity index (χ2n) is 4.74. The lowest BCUT2D eigenvalue weighted by atomic mass is 10.1. The summed E-state index contributed by atoms with van der Waals surface area (Å²) in [6.07, 6.45) is 4.23. The summed E-state index contributed by atoms with van der Waals surface area (Å²) in [5, 5.41) is 13.7. The molecule has 100 valence electrons. The molecule has 1 aliphatic rings. The molecule has 6 heteroatoms. The van der Waals surface area contributed by atoms with Gasteiger partial charge in [-0.1, -0.05) is 0 Å². The van der Waals surface area contributed by atoms with Crippen LogP contribution in [0.4, 0.5) is 0 Å². The van der Waals surface area contributed by atoms with Gasteiger partial charge in [0.25, 0.3) is 0 Å². The van der Waals surface area contributed by atoms with Crippen molar-refractivity contribution in [3.05, 3.63) is 18.0 Å². The molecule has 0 aliphatic heterocycles. The number of aliphatic hydroxyl groups is 1. The van der Waals surface area contributed by atoms with Crippen LogP contribution in [0.1, 0.15) is 30.1 Å². The van der Waals surface area contributed by atoms with Gasteiger partial charge in [0.2, 0.25) is 0 Å². The molecule has 6 nitrogen and oxygen atoms in total. The van der Waals surface area contributed by atoms with E-state index in [0.717, 1.165) is 6.42 Å². The van der Waals surface area contributed by atoms with Crippen molar-refractivity contribution in [2.24, 2.45) is 11.7 Å². The summed E-state index contributed by atoms with van der Waals surface area (Å²) >= 11 is 0. The molecule has 1 aromatic heterocycles. The van der Waals surface area contributed by atoms with E-state index in [9.17, 15) is 9.90 Å². The molecule has 3 atom stereocenters. The van der Waals surface area contributed by atoms with E-state index < -0.39 is 6.10 Å². The van der Waals surface area contributed by atoms with Gasteiger partial charge < -0.3 is 15.6 Å². The van der Waals surface area contributed by atoms with E-state index >= 15 is 0 Å². The van der Waals surface area contributed by atoms with Gasteiger partial charge >= 0.3 is 5.97 Å². The normalized spacial score (nSPS) is 27.4. The first-order valence-electron chi connectivity index (χ1n) is 6.23. The van der Waals surface area contributed by atoms with Crippen molar-refractivity contribution in [3.63, 3.8) is 0 Å². The lowest BCUT2D eigenvalue weighted by Crippen LogP contribution is -2.28. The number of nitrogens with two attached hydrogens (primary N) is 1. The Kier molecular flexibility index (Phi) is 3.98. The summed E-state index contributed by atoms with van der Waals surface area (Å²) in [5.41, 5.74) is 6.22. The summed E-state index contributed by atoms with van der Waals surface area (Å²) in [4.78, 5) is 11.5. The summed E-state index contributed by atoms with van der Waals surface area (Å²) in [6, 6.07) is -0.143. The molecule has 1 unspecified atom stereocenters. The highest BCUT2D eigenvalue weighted by atomic mass is 16.5. The first-order valence-corrected chi connectivity index (χ1v) is 6.23. The average Bonchev–Trinajstić information content (AvgIpc) is 2.88. The Bertz CT molecular complexity index is 408. The zero-order chi connectivity index (χ0) is 13.1. The fraction of sp³-hybridized carbons (Fsp3) is 0.667. The van der Waals surface area contributed by atoms with Crippen molar-refractivity contribution in [1.82, 2.24) is 9.78 Å². The maximum absolute atomic E-state index is 11.5. The van der Waals surface area contributed by atoms with Gasteiger partial charge in [-0.3, -0.25) is 4.68 Å². The number of aromatic nitrogens is 2. The number of hydrogen-bond donors (Lipinski definition) is 2. The Balaban J connectivity index is 1.93. The fourth-order valence-corrected chi connectivity index (χ4v) is 2.35. The molecule has 1 heterocycles. The molecule has 1 aliphatic carbocycles. The van der Waals surface area contributed by atoms with E-state index in [4.69, 9.17) is 10.5 Å². The van der Waals surface area contributed by atoms with Crippen LogP contribution in [-0.4, -0.2) is 39.6 Å². The van der Waals surface area contributed by atoms with Crippen LogP contribution >= 0.6 is 0 Å². The predicted octanol–water partition coefficient (Wildman–Crippen LogP) is 0.158. The van der Waals surface area contributed by atoms with Gasteiger partial charge in [-0.05, 0) is 25.7 Å². The van der Waals surface area contributed by atoms with E-state index in [2.05, 4.69) is 5.10 Å². The van der Waals surface area contributed by atoms with Crippen LogP contribution in [0.2, 0.25) is 0 Å². The van der Waals surface area contributed by atoms with Gasteiger partial charge in [0.05, 0.1) is 24.5 Å². The molecule has 0 radical (unpaired) electrons. The molecule has 18 heavy (non-hydrogen) atoms. The Morgan fingerprint density at radius 2 is 2.44 bits per heavy atom. The lowest BCUT2D eigenvalue weighted by molar-refractivity contribution is 0.0526. The highest BCUT2D eigenvalue weighted by molar-refractivity contribution is 5.88. The van der Waals surface area contributed by atoms with Crippen LogP contribution in [0.5, 0.6) is 0 Å². The van der Waals surface area contributed by atoms with Gasteiger partial charge in [0.1, 0.15) is 0 Å². The molecule has 0 spiro atoms. The number of carbonyl (C=O) groups excluding carboxylic acids is 1. The SMILES string of the molecule is CCOC(=O)c1cnn(CC2C[C@@H](N)[C@H](O)C2)c1. The number of carbonyl (C=O) groups is 1. The zero-order valence-corrected chi connectivity index (χ0v) is 10.5. The molecule has 0 amide bonds. The molecule has 0 aromatic carbocycles. The minimum absolute atomic E-state index is 0.143. The number of hydrogen-bond acceptors (Lipinski definition) is 5. The third-order valence-electron chi connectivity index (χ3n) is 3.26. The lowest BCUT2D eigenvalue weighted by Gasteiger charge is -2.08. The second-order valence-corrected chi connectivity index (χ2v) is 4.74. The predicted molar refractivity (Wildman–Crippen MR) is 64.9 cm³/mol. The number of rotatable bonds is 4. The van der Waals surface area contributed by atoms with Crippen molar-refractivity contribution in [1.29, 1.82) is 0 Å². The Morgan fingerprint density at radius 3 is 3.06 bits per heavy atom. The third kappa shape index (κ3) is 2.88. The molecule has 3 N–H and O–H groups in total. The number of ether oxygens (including phenoxy) is 1. The monoisotopic (exact) mass is 253 g/mol. The smallest absolute Gasteiger partial charge is 0.341 e. The van der Waals surface area contributed by atoms with Gasteiger partial charge in [0.15, 0.2) is 0 Å². The molecular formula is C12H19N3O3. The summed E-state index contributed by atoms with van der Waals surface area (Å²) < 4.78 is 6.60. The van der Waals surface area contributed by atoms with Crippen LogP contribution in [0.25, 0.3) is 0 Å². The van der Waals surface area contributed by atoms with E-state index in [0.29, 0.717) is 31.1 Å². The molecule has 0 bridgehead atoms. The van der Waals surface area contributed by atoms with E-state index in [1.54, 1.807) is 17.8 Å².